The Kier molecular flexibility index (Phi) is 5.16. The molecule has 0 unspecified atom stereocenters. The van der Waals surface area contributed by atoms with E-state index in [9.17, 15) is 4.79 Å². The number of nitrogens with one attached hydrogen (secondary N) is 1. The Labute approximate surface area is 112 Å². The normalized spacial score (nSPS) is 11.6. The van der Waals surface area contributed by atoms with Crippen LogP contribution in [0.3, 0.4) is 0 Å². The van der Waals surface area contributed by atoms with E-state index in [1.54, 1.807) is 30.5 Å². The maximum absolute atomic E-state index is 11.3. The van der Waals surface area contributed by atoms with Crippen LogP contribution in [0.2, 0.25) is 5.02 Å². The smallest absolute Gasteiger partial charge is 0.407 e. The van der Waals surface area contributed by atoms with Crippen LogP contribution in [-0.2, 0) is 4.74 Å². The molecule has 1 N–H and O–H groups in total. The maximum Gasteiger partial charge on any atom is 0.407 e. The number of aromatic nitrogens is 1. The van der Waals surface area contributed by atoms with Crippen molar-refractivity contribution in [2.24, 2.45) is 0 Å². The summed E-state index contributed by atoms with van der Waals surface area (Å²) in [5, 5.41) is 3.24. The summed E-state index contributed by atoms with van der Waals surface area (Å²) in [6.45, 7) is 5.83. The zero-order chi connectivity index (χ0) is 13.6. The van der Waals surface area contributed by atoms with Gasteiger partial charge in [-0.1, -0.05) is 17.7 Å². The van der Waals surface area contributed by atoms with Crippen LogP contribution < -0.4 is 5.32 Å². The van der Waals surface area contributed by atoms with Crippen molar-refractivity contribution in [3.8, 4) is 0 Å². The minimum Gasteiger partial charge on any atom is -0.444 e. The third-order valence-corrected chi connectivity index (χ3v) is 2.03. The highest BCUT2D eigenvalue weighted by Crippen LogP contribution is 2.09. The molecule has 0 saturated heterocycles. The first-order chi connectivity index (χ1) is 8.37. The van der Waals surface area contributed by atoms with Gasteiger partial charge >= 0.3 is 6.09 Å². The van der Waals surface area contributed by atoms with Crippen molar-refractivity contribution in [3.05, 3.63) is 35.1 Å². The van der Waals surface area contributed by atoms with Crippen LogP contribution >= 0.6 is 11.6 Å². The maximum atomic E-state index is 11.3. The second-order valence-corrected chi connectivity index (χ2v) is 5.12. The molecule has 0 atom stereocenters. The zero-order valence-corrected chi connectivity index (χ0v) is 11.5. The van der Waals surface area contributed by atoms with Gasteiger partial charge in [0.25, 0.3) is 0 Å². The van der Waals surface area contributed by atoms with Gasteiger partial charge in [0, 0.05) is 17.8 Å². The minimum atomic E-state index is -0.484. The molecule has 0 aromatic carbocycles. The van der Waals surface area contributed by atoms with Gasteiger partial charge in [-0.05, 0) is 39.0 Å². The molecule has 5 heteroatoms. The number of carbonyl (C=O) groups excluding carboxylic acids is 1. The standard InChI is InChI=1S/C13H17ClN2O2/c1-13(2,3)18-12(17)16-7-4-5-11-9-10(14)6-8-15-11/h4-6,8-9H,7H2,1-3H3,(H,16,17). The van der Waals surface area contributed by atoms with Crippen molar-refractivity contribution in [1.29, 1.82) is 0 Å². The number of hydrogen-bond acceptors (Lipinski definition) is 3. The lowest BCUT2D eigenvalue weighted by Crippen LogP contribution is -2.32. The number of amides is 1. The van der Waals surface area contributed by atoms with Crippen LogP contribution in [-0.4, -0.2) is 23.2 Å². The summed E-state index contributed by atoms with van der Waals surface area (Å²) in [4.78, 5) is 15.4. The molecule has 0 aliphatic heterocycles. The molecule has 0 aliphatic carbocycles. The third kappa shape index (κ3) is 6.25. The molecule has 0 fully saturated rings. The van der Waals surface area contributed by atoms with E-state index in [0.29, 0.717) is 11.6 Å². The van der Waals surface area contributed by atoms with Crippen molar-refractivity contribution in [2.75, 3.05) is 6.54 Å². The lowest BCUT2D eigenvalue weighted by atomic mass is 10.2. The zero-order valence-electron chi connectivity index (χ0n) is 10.7. The predicted octanol–water partition coefficient (Wildman–Crippen LogP) is 3.27. The highest BCUT2D eigenvalue weighted by molar-refractivity contribution is 6.30. The van der Waals surface area contributed by atoms with E-state index < -0.39 is 11.7 Å². The van der Waals surface area contributed by atoms with Gasteiger partial charge in [-0.25, -0.2) is 4.79 Å². The fourth-order valence-electron chi connectivity index (χ4n) is 1.15. The fourth-order valence-corrected chi connectivity index (χ4v) is 1.32. The molecule has 1 amide bonds. The average Bonchev–Trinajstić information content (AvgIpc) is 2.22. The van der Waals surface area contributed by atoms with E-state index >= 15 is 0 Å². The van der Waals surface area contributed by atoms with E-state index in [1.165, 1.54) is 0 Å². The second kappa shape index (κ2) is 6.40. The largest absolute Gasteiger partial charge is 0.444 e. The summed E-state index contributed by atoms with van der Waals surface area (Å²) < 4.78 is 5.09. The fraction of sp³-hybridized carbons (Fsp3) is 0.385. The van der Waals surface area contributed by atoms with Gasteiger partial charge in [0.05, 0.1) is 5.69 Å². The lowest BCUT2D eigenvalue weighted by molar-refractivity contribution is 0.0534. The van der Waals surface area contributed by atoms with Gasteiger partial charge in [-0.15, -0.1) is 0 Å². The summed E-state index contributed by atoms with van der Waals surface area (Å²) in [5.74, 6) is 0. The van der Waals surface area contributed by atoms with E-state index in [0.717, 1.165) is 5.69 Å². The molecule has 98 valence electrons. The van der Waals surface area contributed by atoms with Crippen molar-refractivity contribution >= 4 is 23.8 Å². The summed E-state index contributed by atoms with van der Waals surface area (Å²) in [7, 11) is 0. The number of pyridine rings is 1. The van der Waals surface area contributed by atoms with Crippen LogP contribution in [0, 0.1) is 0 Å². The van der Waals surface area contributed by atoms with E-state index in [1.807, 2.05) is 20.8 Å². The lowest BCUT2D eigenvalue weighted by Gasteiger charge is -2.19. The average molecular weight is 269 g/mol. The van der Waals surface area contributed by atoms with Crippen molar-refractivity contribution in [2.45, 2.75) is 26.4 Å². The van der Waals surface area contributed by atoms with Crippen molar-refractivity contribution < 1.29 is 9.53 Å². The molecule has 0 radical (unpaired) electrons. The van der Waals surface area contributed by atoms with E-state index in [2.05, 4.69) is 10.3 Å². The van der Waals surface area contributed by atoms with Gasteiger partial charge in [0.1, 0.15) is 5.60 Å². The molecule has 0 bridgehead atoms. The molecule has 1 aromatic rings. The number of nitrogens with zero attached hydrogens (tertiary/aromatic N) is 1. The van der Waals surface area contributed by atoms with Gasteiger partial charge < -0.3 is 10.1 Å². The molecule has 4 nitrogen and oxygen atoms in total. The number of alkyl carbamates (subject to hydrolysis) is 1. The molecule has 18 heavy (non-hydrogen) atoms. The highest BCUT2D eigenvalue weighted by Gasteiger charge is 2.14. The second-order valence-electron chi connectivity index (χ2n) is 4.68. The minimum absolute atomic E-state index is 0.378. The first kappa shape index (κ1) is 14.5. The Hall–Kier alpha value is -1.55. The molecular weight excluding hydrogens is 252 g/mol. The van der Waals surface area contributed by atoms with Crippen LogP contribution in [0.4, 0.5) is 4.79 Å². The Bertz CT molecular complexity index is 439. The van der Waals surface area contributed by atoms with E-state index in [-0.39, 0.29) is 0 Å². The molecule has 1 rings (SSSR count). The first-order valence-corrected chi connectivity index (χ1v) is 5.99. The van der Waals surface area contributed by atoms with Crippen LogP contribution in [0.1, 0.15) is 26.5 Å². The van der Waals surface area contributed by atoms with E-state index in [4.69, 9.17) is 16.3 Å². The topological polar surface area (TPSA) is 51.2 Å². The number of carbonyl (C=O) groups is 1. The SMILES string of the molecule is CC(C)(C)OC(=O)NCC=Cc1cc(Cl)ccn1. The molecule has 1 aromatic heterocycles. The van der Waals surface area contributed by atoms with Gasteiger partial charge in [0.15, 0.2) is 0 Å². The van der Waals surface area contributed by atoms with Gasteiger partial charge in [-0.2, -0.15) is 0 Å². The Morgan fingerprint density at radius 2 is 2.28 bits per heavy atom. The Morgan fingerprint density at radius 1 is 1.56 bits per heavy atom. The monoisotopic (exact) mass is 268 g/mol. The first-order valence-electron chi connectivity index (χ1n) is 5.62. The summed E-state index contributed by atoms with van der Waals surface area (Å²) >= 11 is 5.82. The molecule has 0 saturated carbocycles. The molecule has 0 aliphatic rings. The van der Waals surface area contributed by atoms with Gasteiger partial charge in [-0.3, -0.25) is 4.98 Å². The van der Waals surface area contributed by atoms with Crippen LogP contribution in [0.5, 0.6) is 0 Å². The quantitative estimate of drug-likeness (QED) is 0.915. The Balaban J connectivity index is 2.36. The molecule has 0 spiro atoms. The van der Waals surface area contributed by atoms with Crippen LogP contribution in [0.25, 0.3) is 6.08 Å². The molecular formula is C13H17ClN2O2. The number of hydrogen-bond donors (Lipinski definition) is 1. The predicted molar refractivity (Wildman–Crippen MR) is 72.5 cm³/mol. The number of rotatable bonds is 3. The third-order valence-electron chi connectivity index (χ3n) is 1.79. The van der Waals surface area contributed by atoms with Crippen molar-refractivity contribution in [1.82, 2.24) is 10.3 Å². The summed E-state index contributed by atoms with van der Waals surface area (Å²) in [6.07, 6.45) is 4.75. The number of halogens is 1. The van der Waals surface area contributed by atoms with Crippen molar-refractivity contribution in [3.63, 3.8) is 0 Å². The summed E-state index contributed by atoms with van der Waals surface area (Å²) in [5.41, 5.74) is 0.260. The van der Waals surface area contributed by atoms with Crippen LogP contribution in [0.15, 0.2) is 24.4 Å². The van der Waals surface area contributed by atoms with Gasteiger partial charge in [0.2, 0.25) is 0 Å². The highest BCUT2D eigenvalue weighted by atomic mass is 35.5. The molecule has 1 heterocycles. The number of ether oxygens (including phenoxy) is 1. The summed E-state index contributed by atoms with van der Waals surface area (Å²) in [6, 6.07) is 3.45. The Morgan fingerprint density at radius 3 is 2.89 bits per heavy atom.